The lowest BCUT2D eigenvalue weighted by atomic mass is 10.0. The van der Waals surface area contributed by atoms with Crippen molar-refractivity contribution >= 4 is 11.6 Å². The Balaban J connectivity index is 1.97. The van der Waals surface area contributed by atoms with Crippen molar-refractivity contribution in [2.75, 3.05) is 31.7 Å². The van der Waals surface area contributed by atoms with Crippen molar-refractivity contribution < 1.29 is 13.9 Å². The summed E-state index contributed by atoms with van der Waals surface area (Å²) in [5.41, 5.74) is 0.707. The molecule has 6 heteroatoms. The van der Waals surface area contributed by atoms with Gasteiger partial charge in [-0.05, 0) is 25.0 Å². The molecule has 2 rings (SSSR count). The van der Waals surface area contributed by atoms with E-state index < -0.39 is 5.82 Å². The minimum atomic E-state index is -0.495. The van der Waals surface area contributed by atoms with Gasteiger partial charge < -0.3 is 15.0 Å². The van der Waals surface area contributed by atoms with Crippen LogP contribution in [0.4, 0.5) is 10.1 Å². The molecule has 1 aliphatic rings. The van der Waals surface area contributed by atoms with E-state index in [4.69, 9.17) is 10.00 Å². The third-order valence-corrected chi connectivity index (χ3v) is 3.58. The number of anilines is 1. The van der Waals surface area contributed by atoms with E-state index in [1.807, 2.05) is 11.0 Å². The van der Waals surface area contributed by atoms with E-state index in [0.717, 1.165) is 12.8 Å². The van der Waals surface area contributed by atoms with Gasteiger partial charge in [0.25, 0.3) is 0 Å². The number of rotatable bonds is 4. The third kappa shape index (κ3) is 3.70. The van der Waals surface area contributed by atoms with Crippen LogP contribution >= 0.6 is 0 Å². The Morgan fingerprint density at radius 3 is 2.86 bits per heavy atom. The zero-order valence-corrected chi connectivity index (χ0v) is 11.9. The average molecular weight is 291 g/mol. The van der Waals surface area contributed by atoms with Crippen molar-refractivity contribution in [3.8, 4) is 6.07 Å². The molecule has 1 aliphatic heterocycles. The molecule has 0 radical (unpaired) electrons. The van der Waals surface area contributed by atoms with E-state index >= 15 is 0 Å². The van der Waals surface area contributed by atoms with Gasteiger partial charge in [0, 0.05) is 26.2 Å². The van der Waals surface area contributed by atoms with Gasteiger partial charge in [-0.25, -0.2) is 4.39 Å². The smallest absolute Gasteiger partial charge is 0.246 e. The molecule has 0 saturated carbocycles. The number of carbonyl (C=O) groups excluding carboxylic acids is 1. The van der Waals surface area contributed by atoms with Crippen molar-refractivity contribution in [1.29, 1.82) is 5.26 Å². The van der Waals surface area contributed by atoms with Crippen molar-refractivity contribution in [3.63, 3.8) is 0 Å². The minimum absolute atomic E-state index is 0.0582. The van der Waals surface area contributed by atoms with E-state index in [0.29, 0.717) is 18.8 Å². The standard InChI is InChI=1S/C15H18FN3O2/c1-21-10-15(20)18-11-5-7-19(8-6-11)14-4-2-3-13(16)12(14)9-17/h2-4,11H,5-8,10H2,1H3,(H,18,20). The van der Waals surface area contributed by atoms with Gasteiger partial charge in [-0.1, -0.05) is 6.07 Å². The number of carbonyl (C=O) groups is 1. The summed E-state index contributed by atoms with van der Waals surface area (Å²) in [7, 11) is 1.48. The Bertz CT molecular complexity index is 548. The molecule has 1 saturated heterocycles. The summed E-state index contributed by atoms with van der Waals surface area (Å²) in [5.74, 6) is -0.620. The van der Waals surface area contributed by atoms with Gasteiger partial charge in [0.05, 0.1) is 5.69 Å². The highest BCUT2D eigenvalue weighted by atomic mass is 19.1. The predicted octanol–water partition coefficient (Wildman–Crippen LogP) is 1.43. The maximum Gasteiger partial charge on any atom is 0.246 e. The van der Waals surface area contributed by atoms with Crippen LogP contribution in [0.25, 0.3) is 0 Å². The van der Waals surface area contributed by atoms with E-state index in [2.05, 4.69) is 5.32 Å². The summed E-state index contributed by atoms with van der Waals surface area (Å²) in [6.45, 7) is 1.41. The monoisotopic (exact) mass is 291 g/mol. The number of nitriles is 1. The SMILES string of the molecule is COCC(=O)NC1CCN(c2cccc(F)c2C#N)CC1. The fourth-order valence-corrected chi connectivity index (χ4v) is 2.55. The second kappa shape index (κ2) is 7.04. The molecule has 0 atom stereocenters. The summed E-state index contributed by atoms with van der Waals surface area (Å²) in [4.78, 5) is 13.5. The van der Waals surface area contributed by atoms with Gasteiger partial charge >= 0.3 is 0 Å². The van der Waals surface area contributed by atoms with Crippen LogP contribution in [-0.2, 0) is 9.53 Å². The van der Waals surface area contributed by atoms with Gasteiger partial charge in [0.2, 0.25) is 5.91 Å². The van der Waals surface area contributed by atoms with Crippen LogP contribution in [-0.4, -0.2) is 38.8 Å². The maximum atomic E-state index is 13.6. The van der Waals surface area contributed by atoms with Gasteiger partial charge in [0.15, 0.2) is 0 Å². The van der Waals surface area contributed by atoms with Crippen LogP contribution < -0.4 is 10.2 Å². The quantitative estimate of drug-likeness (QED) is 0.911. The van der Waals surface area contributed by atoms with Crippen molar-refractivity contribution in [2.24, 2.45) is 0 Å². The number of piperidine rings is 1. The molecule has 1 amide bonds. The van der Waals surface area contributed by atoms with E-state index in [-0.39, 0.29) is 24.1 Å². The molecule has 0 aliphatic carbocycles. The fourth-order valence-electron chi connectivity index (χ4n) is 2.55. The molecule has 0 unspecified atom stereocenters. The summed E-state index contributed by atoms with van der Waals surface area (Å²) < 4.78 is 18.4. The fraction of sp³-hybridized carbons (Fsp3) is 0.467. The molecule has 0 bridgehead atoms. The second-order valence-electron chi connectivity index (χ2n) is 5.01. The van der Waals surface area contributed by atoms with E-state index in [1.165, 1.54) is 13.2 Å². The number of benzene rings is 1. The van der Waals surface area contributed by atoms with Crippen LogP contribution in [0.3, 0.4) is 0 Å². The highest BCUT2D eigenvalue weighted by Crippen LogP contribution is 2.25. The molecule has 0 aromatic heterocycles. The van der Waals surface area contributed by atoms with Crippen molar-refractivity contribution in [1.82, 2.24) is 5.32 Å². The predicted molar refractivity (Wildman–Crippen MR) is 76.4 cm³/mol. The molecule has 112 valence electrons. The van der Waals surface area contributed by atoms with Crippen molar-refractivity contribution in [3.05, 3.63) is 29.6 Å². The number of nitrogens with zero attached hydrogens (tertiary/aromatic N) is 2. The number of hydrogen-bond donors (Lipinski definition) is 1. The van der Waals surface area contributed by atoms with Crippen LogP contribution in [0.5, 0.6) is 0 Å². The first-order chi connectivity index (χ1) is 10.2. The molecular formula is C15H18FN3O2. The molecular weight excluding hydrogens is 273 g/mol. The molecule has 1 heterocycles. The topological polar surface area (TPSA) is 65.4 Å². The maximum absolute atomic E-state index is 13.6. The first kappa shape index (κ1) is 15.3. The molecule has 1 fully saturated rings. The number of halogens is 1. The van der Waals surface area contributed by atoms with Crippen LogP contribution in [0, 0.1) is 17.1 Å². The summed E-state index contributed by atoms with van der Waals surface area (Å²) >= 11 is 0. The Morgan fingerprint density at radius 1 is 1.52 bits per heavy atom. The Hall–Kier alpha value is -2.13. The Labute approximate surface area is 123 Å². The zero-order chi connectivity index (χ0) is 15.2. The number of amides is 1. The Morgan fingerprint density at radius 2 is 2.24 bits per heavy atom. The second-order valence-corrected chi connectivity index (χ2v) is 5.01. The lowest BCUT2D eigenvalue weighted by Gasteiger charge is -2.34. The van der Waals surface area contributed by atoms with Gasteiger partial charge in [-0.15, -0.1) is 0 Å². The molecule has 1 aromatic rings. The molecule has 21 heavy (non-hydrogen) atoms. The number of nitrogens with one attached hydrogen (secondary N) is 1. The molecule has 0 spiro atoms. The number of ether oxygens (including phenoxy) is 1. The van der Waals surface area contributed by atoms with Gasteiger partial charge in [0.1, 0.15) is 24.1 Å². The number of methoxy groups -OCH3 is 1. The lowest BCUT2D eigenvalue weighted by molar-refractivity contribution is -0.125. The van der Waals surface area contributed by atoms with E-state index in [9.17, 15) is 9.18 Å². The average Bonchev–Trinajstić information content (AvgIpc) is 2.48. The van der Waals surface area contributed by atoms with Crippen LogP contribution in [0.15, 0.2) is 18.2 Å². The number of hydrogen-bond acceptors (Lipinski definition) is 4. The first-order valence-electron chi connectivity index (χ1n) is 6.87. The minimum Gasteiger partial charge on any atom is -0.375 e. The highest BCUT2D eigenvalue weighted by Gasteiger charge is 2.23. The summed E-state index contributed by atoms with van der Waals surface area (Å²) in [6.07, 6.45) is 1.52. The lowest BCUT2D eigenvalue weighted by Crippen LogP contribution is -2.45. The first-order valence-corrected chi connectivity index (χ1v) is 6.87. The molecule has 1 N–H and O–H groups in total. The van der Waals surface area contributed by atoms with Crippen LogP contribution in [0.1, 0.15) is 18.4 Å². The molecule has 1 aromatic carbocycles. The van der Waals surface area contributed by atoms with Crippen molar-refractivity contribution in [2.45, 2.75) is 18.9 Å². The van der Waals surface area contributed by atoms with Crippen LogP contribution in [0.2, 0.25) is 0 Å². The third-order valence-electron chi connectivity index (χ3n) is 3.58. The highest BCUT2D eigenvalue weighted by molar-refractivity contribution is 5.77. The molecule has 5 nitrogen and oxygen atoms in total. The largest absolute Gasteiger partial charge is 0.375 e. The van der Waals surface area contributed by atoms with E-state index in [1.54, 1.807) is 12.1 Å². The summed E-state index contributed by atoms with van der Waals surface area (Å²) in [5, 5.41) is 12.0. The zero-order valence-electron chi connectivity index (χ0n) is 11.9. The van der Waals surface area contributed by atoms with Gasteiger partial charge in [-0.2, -0.15) is 5.26 Å². The Kier molecular flexibility index (Phi) is 5.12. The summed E-state index contributed by atoms with van der Waals surface area (Å²) in [6, 6.07) is 6.67. The van der Waals surface area contributed by atoms with Gasteiger partial charge in [-0.3, -0.25) is 4.79 Å². The normalized spacial score (nSPS) is 15.6.